The van der Waals surface area contributed by atoms with E-state index >= 15 is 0 Å². The van der Waals surface area contributed by atoms with Crippen molar-refractivity contribution in [3.63, 3.8) is 0 Å². The number of carboxylic acids is 1. The van der Waals surface area contributed by atoms with Gasteiger partial charge in [-0.3, -0.25) is 4.79 Å². The number of imidazole rings is 1. The molecule has 0 amide bonds. The average Bonchev–Trinajstić information content (AvgIpc) is 2.61. The molecule has 0 saturated carbocycles. The van der Waals surface area contributed by atoms with Crippen LogP contribution in [0.5, 0.6) is 0 Å². The second-order valence-corrected chi connectivity index (χ2v) is 3.91. The number of hydrogen-bond acceptors (Lipinski definition) is 3. The van der Waals surface area contributed by atoms with Crippen molar-refractivity contribution in [1.29, 1.82) is 0 Å². The van der Waals surface area contributed by atoms with Crippen LogP contribution in [0.2, 0.25) is 0 Å². The Morgan fingerprint density at radius 3 is 2.72 bits per heavy atom. The summed E-state index contributed by atoms with van der Waals surface area (Å²) >= 11 is 0. The Bertz CT molecular complexity index is 403. The summed E-state index contributed by atoms with van der Waals surface area (Å²) in [6.07, 6.45) is -2.54. The predicted molar refractivity (Wildman–Crippen MR) is 58.1 cm³/mol. The first kappa shape index (κ1) is 14.3. The van der Waals surface area contributed by atoms with Gasteiger partial charge in [-0.15, -0.1) is 0 Å². The molecule has 18 heavy (non-hydrogen) atoms. The van der Waals surface area contributed by atoms with Crippen molar-refractivity contribution in [2.45, 2.75) is 19.0 Å². The van der Waals surface area contributed by atoms with Crippen molar-refractivity contribution in [3.05, 3.63) is 12.4 Å². The number of nitrogens with zero attached hydrogens (tertiary/aromatic N) is 2. The van der Waals surface area contributed by atoms with Crippen LogP contribution in [0.4, 0.5) is 19.1 Å². The summed E-state index contributed by atoms with van der Waals surface area (Å²) in [5, 5.41) is 11.2. The van der Waals surface area contributed by atoms with Gasteiger partial charge in [0.25, 0.3) is 0 Å². The van der Waals surface area contributed by atoms with Gasteiger partial charge < -0.3 is 15.0 Å². The normalized spacial score (nSPS) is 13.3. The molecule has 2 N–H and O–H groups in total. The molecule has 1 aromatic rings. The summed E-state index contributed by atoms with van der Waals surface area (Å²) < 4.78 is 39.2. The number of halogens is 3. The predicted octanol–water partition coefficient (Wildman–Crippen LogP) is 1.88. The zero-order valence-electron chi connectivity index (χ0n) is 9.74. The molecule has 5 nitrogen and oxygen atoms in total. The highest BCUT2D eigenvalue weighted by molar-refractivity contribution is 5.67. The Morgan fingerprint density at radius 2 is 2.28 bits per heavy atom. The topological polar surface area (TPSA) is 67.2 Å². The van der Waals surface area contributed by atoms with Gasteiger partial charge in [0.15, 0.2) is 0 Å². The molecule has 0 radical (unpaired) electrons. The Labute approximate surface area is 102 Å². The van der Waals surface area contributed by atoms with Crippen molar-refractivity contribution in [2.24, 2.45) is 13.0 Å². The average molecular weight is 265 g/mol. The molecule has 0 saturated heterocycles. The standard InChI is InChI=1S/C10H14F3N3O2/c1-16-5-4-15-9(16)14-3-2-7(6-8(17)18)10(11,12)13/h4-5,7H,2-3,6H2,1H3,(H,14,15)(H,17,18). The van der Waals surface area contributed by atoms with E-state index in [2.05, 4.69) is 10.3 Å². The van der Waals surface area contributed by atoms with Gasteiger partial charge in [0.2, 0.25) is 5.95 Å². The van der Waals surface area contributed by atoms with Crippen LogP contribution in [0.15, 0.2) is 12.4 Å². The third-order valence-electron chi connectivity index (χ3n) is 2.48. The number of anilines is 1. The molecule has 1 rings (SSSR count). The Morgan fingerprint density at radius 1 is 1.61 bits per heavy atom. The molecule has 8 heteroatoms. The van der Waals surface area contributed by atoms with E-state index in [0.29, 0.717) is 5.95 Å². The number of aliphatic carboxylic acids is 1. The molecule has 0 fully saturated rings. The second kappa shape index (κ2) is 5.74. The first-order valence-electron chi connectivity index (χ1n) is 5.30. The van der Waals surface area contributed by atoms with Gasteiger partial charge in [0, 0.05) is 26.0 Å². The van der Waals surface area contributed by atoms with E-state index in [0.717, 1.165) is 0 Å². The van der Waals surface area contributed by atoms with Gasteiger partial charge >= 0.3 is 12.1 Å². The molecule has 0 aliphatic carbocycles. The first-order valence-corrected chi connectivity index (χ1v) is 5.30. The van der Waals surface area contributed by atoms with E-state index in [1.807, 2.05) is 0 Å². The van der Waals surface area contributed by atoms with Crippen molar-refractivity contribution in [3.8, 4) is 0 Å². The van der Waals surface area contributed by atoms with Crippen LogP contribution in [-0.4, -0.2) is 33.3 Å². The molecular formula is C10H14F3N3O2. The molecule has 1 unspecified atom stereocenters. The van der Waals surface area contributed by atoms with E-state index in [4.69, 9.17) is 5.11 Å². The summed E-state index contributed by atoms with van der Waals surface area (Å²) in [4.78, 5) is 14.3. The minimum atomic E-state index is -4.50. The SMILES string of the molecule is Cn1ccnc1NCCC(CC(=O)O)C(F)(F)F. The van der Waals surface area contributed by atoms with Gasteiger partial charge in [-0.2, -0.15) is 13.2 Å². The summed E-state index contributed by atoms with van der Waals surface area (Å²) in [6.45, 7) is 0.0162. The number of rotatable bonds is 6. The van der Waals surface area contributed by atoms with E-state index in [1.54, 1.807) is 17.8 Å². The minimum absolute atomic E-state index is 0.0162. The molecule has 1 heterocycles. The molecule has 0 aliphatic rings. The monoisotopic (exact) mass is 265 g/mol. The number of alkyl halides is 3. The molecule has 0 bridgehead atoms. The van der Waals surface area contributed by atoms with Gasteiger partial charge in [-0.1, -0.05) is 0 Å². The Kier molecular flexibility index (Phi) is 4.57. The number of hydrogen-bond donors (Lipinski definition) is 2. The van der Waals surface area contributed by atoms with Crippen LogP contribution in [-0.2, 0) is 11.8 Å². The molecule has 0 aliphatic heterocycles. The zero-order chi connectivity index (χ0) is 13.8. The maximum absolute atomic E-state index is 12.5. The fourth-order valence-corrected chi connectivity index (χ4v) is 1.49. The second-order valence-electron chi connectivity index (χ2n) is 3.91. The highest BCUT2D eigenvalue weighted by Crippen LogP contribution is 2.31. The summed E-state index contributed by atoms with van der Waals surface area (Å²) in [6, 6.07) is 0. The van der Waals surface area contributed by atoms with E-state index < -0.39 is 24.5 Å². The van der Waals surface area contributed by atoms with Crippen LogP contribution >= 0.6 is 0 Å². The van der Waals surface area contributed by atoms with Crippen molar-refractivity contribution < 1.29 is 23.1 Å². The van der Waals surface area contributed by atoms with Crippen molar-refractivity contribution >= 4 is 11.9 Å². The van der Waals surface area contributed by atoms with Gasteiger partial charge in [-0.05, 0) is 6.42 Å². The van der Waals surface area contributed by atoms with E-state index in [1.165, 1.54) is 6.20 Å². The van der Waals surface area contributed by atoms with Crippen LogP contribution in [0.25, 0.3) is 0 Å². The van der Waals surface area contributed by atoms with Crippen LogP contribution in [0.1, 0.15) is 12.8 Å². The number of aromatic nitrogens is 2. The largest absolute Gasteiger partial charge is 0.481 e. The first-order chi connectivity index (χ1) is 8.30. The molecule has 0 aromatic carbocycles. The van der Waals surface area contributed by atoms with Crippen molar-refractivity contribution in [1.82, 2.24) is 9.55 Å². The van der Waals surface area contributed by atoms with Crippen LogP contribution in [0.3, 0.4) is 0 Å². The van der Waals surface area contributed by atoms with Gasteiger partial charge in [0.05, 0.1) is 12.3 Å². The summed E-state index contributed by atoms with van der Waals surface area (Å²) in [5.41, 5.74) is 0. The maximum Gasteiger partial charge on any atom is 0.392 e. The fraction of sp³-hybridized carbons (Fsp3) is 0.600. The highest BCUT2D eigenvalue weighted by Gasteiger charge is 2.40. The quantitative estimate of drug-likeness (QED) is 0.824. The van der Waals surface area contributed by atoms with E-state index in [-0.39, 0.29) is 13.0 Å². The van der Waals surface area contributed by atoms with Crippen LogP contribution in [0, 0.1) is 5.92 Å². The number of aryl methyl sites for hydroxylation is 1. The maximum atomic E-state index is 12.5. The smallest absolute Gasteiger partial charge is 0.392 e. The molecule has 0 spiro atoms. The minimum Gasteiger partial charge on any atom is -0.481 e. The zero-order valence-corrected chi connectivity index (χ0v) is 9.74. The lowest BCUT2D eigenvalue weighted by molar-refractivity contribution is -0.183. The Hall–Kier alpha value is -1.73. The van der Waals surface area contributed by atoms with Gasteiger partial charge in [-0.25, -0.2) is 4.98 Å². The molecule has 1 atom stereocenters. The third-order valence-corrected chi connectivity index (χ3v) is 2.48. The summed E-state index contributed by atoms with van der Waals surface area (Å²) in [5.74, 6) is -2.84. The fourth-order valence-electron chi connectivity index (χ4n) is 1.49. The number of carbonyl (C=O) groups is 1. The lowest BCUT2D eigenvalue weighted by atomic mass is 10.0. The molecule has 102 valence electrons. The van der Waals surface area contributed by atoms with Crippen LogP contribution < -0.4 is 5.32 Å². The van der Waals surface area contributed by atoms with Crippen molar-refractivity contribution in [2.75, 3.05) is 11.9 Å². The lowest BCUT2D eigenvalue weighted by Crippen LogP contribution is -2.27. The number of carboxylic acid groups (broad SMARTS) is 1. The lowest BCUT2D eigenvalue weighted by Gasteiger charge is -2.18. The molecular weight excluding hydrogens is 251 g/mol. The highest BCUT2D eigenvalue weighted by atomic mass is 19.4. The Balaban J connectivity index is 2.48. The number of nitrogens with one attached hydrogen (secondary N) is 1. The molecule has 1 aromatic heterocycles. The van der Waals surface area contributed by atoms with Gasteiger partial charge in [0.1, 0.15) is 0 Å². The van der Waals surface area contributed by atoms with E-state index in [9.17, 15) is 18.0 Å². The summed E-state index contributed by atoms with van der Waals surface area (Å²) in [7, 11) is 1.70. The third kappa shape index (κ3) is 4.27.